The van der Waals surface area contributed by atoms with Crippen molar-refractivity contribution in [2.45, 2.75) is 50.5 Å². The van der Waals surface area contributed by atoms with Crippen LogP contribution in [0.5, 0.6) is 5.75 Å². The highest BCUT2D eigenvalue weighted by atomic mass is 16.6. The lowest BCUT2D eigenvalue weighted by Gasteiger charge is -2.47. The smallest absolute Gasteiger partial charge is 0.310 e. The number of Topliss-reactive ketones (excluding diaryl/α,β-unsaturated/α-hetero) is 1. The number of benzene rings is 1. The molecule has 1 N–H and O–H groups in total. The Hall–Kier alpha value is -1.84. The van der Waals surface area contributed by atoms with Crippen LogP contribution in [-0.2, 0) is 20.7 Å². The Bertz CT molecular complexity index is 754. The molecule has 1 spiro atoms. The molecule has 6 atom stereocenters. The van der Waals surface area contributed by atoms with Crippen LogP contribution in [0.1, 0.15) is 49.7 Å². The number of carbonyl (C=O) groups excluding carboxylic acids is 2. The molecule has 2 bridgehead atoms. The summed E-state index contributed by atoms with van der Waals surface area (Å²) in [7, 11) is 0. The zero-order chi connectivity index (χ0) is 16.6. The van der Waals surface area contributed by atoms with Crippen molar-refractivity contribution < 1.29 is 19.4 Å². The summed E-state index contributed by atoms with van der Waals surface area (Å²) in [6, 6.07) is 5.58. The highest BCUT2D eigenvalue weighted by Gasteiger charge is 2.68. The van der Waals surface area contributed by atoms with Gasteiger partial charge >= 0.3 is 5.97 Å². The van der Waals surface area contributed by atoms with Gasteiger partial charge in [0.2, 0.25) is 0 Å². The predicted molar refractivity (Wildman–Crippen MR) is 86.5 cm³/mol. The summed E-state index contributed by atoms with van der Waals surface area (Å²) in [4.78, 5) is 24.9. The summed E-state index contributed by atoms with van der Waals surface area (Å²) < 4.78 is 5.99. The molecule has 1 saturated heterocycles. The van der Waals surface area contributed by atoms with Gasteiger partial charge in [0.25, 0.3) is 0 Å². The molecular formula is C20H22O4. The number of aromatic hydroxyl groups is 1. The van der Waals surface area contributed by atoms with Crippen LogP contribution in [0.2, 0.25) is 0 Å². The van der Waals surface area contributed by atoms with Crippen molar-refractivity contribution in [3.8, 4) is 5.75 Å². The number of ether oxygens (including phenoxy) is 1. The number of aryl methyl sites for hydroxylation is 1. The number of rotatable bonds is 1. The molecule has 3 aliphatic carbocycles. The molecule has 126 valence electrons. The van der Waals surface area contributed by atoms with E-state index in [1.807, 2.05) is 12.1 Å². The van der Waals surface area contributed by atoms with Crippen molar-refractivity contribution in [1.29, 1.82) is 0 Å². The number of hydrogen-bond acceptors (Lipinski definition) is 4. The lowest BCUT2D eigenvalue weighted by molar-refractivity contribution is -0.158. The molecule has 3 fully saturated rings. The van der Waals surface area contributed by atoms with Crippen LogP contribution in [0.3, 0.4) is 0 Å². The Balaban J connectivity index is 1.64. The van der Waals surface area contributed by atoms with E-state index in [1.54, 1.807) is 13.0 Å². The van der Waals surface area contributed by atoms with Crippen LogP contribution in [0.4, 0.5) is 0 Å². The number of hydrogen-bond donors (Lipinski definition) is 1. The Labute approximate surface area is 141 Å². The largest absolute Gasteiger partial charge is 0.508 e. The van der Waals surface area contributed by atoms with Crippen molar-refractivity contribution in [2.24, 2.45) is 23.7 Å². The molecular weight excluding hydrogens is 304 g/mol. The van der Waals surface area contributed by atoms with E-state index in [0.29, 0.717) is 12.3 Å². The average Bonchev–Trinajstić information content (AvgIpc) is 3.05. The molecule has 1 aromatic carbocycles. The lowest BCUT2D eigenvalue weighted by Crippen LogP contribution is -2.50. The number of phenols is 1. The van der Waals surface area contributed by atoms with E-state index < -0.39 is 5.60 Å². The number of carbonyl (C=O) groups is 2. The van der Waals surface area contributed by atoms with Crippen LogP contribution in [0, 0.1) is 23.7 Å². The van der Waals surface area contributed by atoms with E-state index in [1.165, 1.54) is 5.56 Å². The molecule has 5 rings (SSSR count). The van der Waals surface area contributed by atoms with E-state index in [0.717, 1.165) is 31.2 Å². The van der Waals surface area contributed by atoms with Gasteiger partial charge in [-0.25, -0.2) is 0 Å². The summed E-state index contributed by atoms with van der Waals surface area (Å²) in [6.07, 6.45) is 4.52. The molecule has 0 radical (unpaired) electrons. The maximum atomic E-state index is 12.7. The van der Waals surface area contributed by atoms with Gasteiger partial charge in [0.05, 0.1) is 11.8 Å². The lowest BCUT2D eigenvalue weighted by atomic mass is 9.55. The van der Waals surface area contributed by atoms with Crippen molar-refractivity contribution in [1.82, 2.24) is 0 Å². The second-order valence-electron chi connectivity index (χ2n) is 8.15. The van der Waals surface area contributed by atoms with E-state index in [4.69, 9.17) is 4.74 Å². The minimum Gasteiger partial charge on any atom is -0.508 e. The van der Waals surface area contributed by atoms with E-state index in [-0.39, 0.29) is 41.2 Å². The first kappa shape index (κ1) is 14.5. The Morgan fingerprint density at radius 1 is 1.29 bits per heavy atom. The van der Waals surface area contributed by atoms with Crippen LogP contribution in [-0.4, -0.2) is 22.5 Å². The van der Waals surface area contributed by atoms with Crippen LogP contribution in [0.25, 0.3) is 0 Å². The predicted octanol–water partition coefficient (Wildman–Crippen LogP) is 2.97. The van der Waals surface area contributed by atoms with Gasteiger partial charge in [-0.2, -0.15) is 0 Å². The van der Waals surface area contributed by atoms with Crippen LogP contribution >= 0.6 is 0 Å². The average molecular weight is 326 g/mol. The van der Waals surface area contributed by atoms with Crippen molar-refractivity contribution in [3.63, 3.8) is 0 Å². The van der Waals surface area contributed by atoms with Gasteiger partial charge in [-0.3, -0.25) is 9.59 Å². The van der Waals surface area contributed by atoms with Crippen LogP contribution in [0.15, 0.2) is 18.2 Å². The SMILES string of the molecule is CC(=O)[C@@H]1CC[C@H]2[C@@H]3CCc4ccc(O)cc4[C@H]3[C@@H]3C[C@]12OC3=O. The van der Waals surface area contributed by atoms with E-state index >= 15 is 0 Å². The fourth-order valence-corrected chi connectivity index (χ4v) is 6.48. The van der Waals surface area contributed by atoms with Gasteiger partial charge in [0.1, 0.15) is 17.1 Å². The Kier molecular flexibility index (Phi) is 2.79. The molecule has 1 aliphatic heterocycles. The molecule has 4 aliphatic rings. The maximum absolute atomic E-state index is 12.7. The van der Waals surface area contributed by atoms with Gasteiger partial charge in [0, 0.05) is 18.3 Å². The first-order valence-corrected chi connectivity index (χ1v) is 9.06. The summed E-state index contributed by atoms with van der Waals surface area (Å²) in [5.41, 5.74) is 1.85. The quantitative estimate of drug-likeness (QED) is 0.806. The van der Waals surface area contributed by atoms with Crippen molar-refractivity contribution in [2.75, 3.05) is 0 Å². The molecule has 4 heteroatoms. The topological polar surface area (TPSA) is 63.6 Å². The van der Waals surface area contributed by atoms with E-state index in [9.17, 15) is 14.7 Å². The molecule has 1 heterocycles. The molecule has 0 amide bonds. The third kappa shape index (κ3) is 1.64. The molecule has 4 nitrogen and oxygen atoms in total. The second-order valence-corrected chi connectivity index (χ2v) is 8.15. The highest BCUT2D eigenvalue weighted by Crippen LogP contribution is 2.65. The van der Waals surface area contributed by atoms with Gasteiger partial charge in [-0.05, 0) is 61.8 Å². The zero-order valence-electron chi connectivity index (χ0n) is 13.8. The standard InChI is InChI=1S/C20H22O4/c1-10(21)16-6-7-17-13-5-3-11-2-4-12(22)8-14(11)18(13)15-9-20(16,17)24-19(15)23/h2,4,8,13,15-18,22H,3,5-7,9H2,1H3/t13-,15-,16-,17-,18-,20-/m0/s1. The highest BCUT2D eigenvalue weighted by molar-refractivity contribution is 5.84. The number of ketones is 1. The van der Waals surface area contributed by atoms with Crippen molar-refractivity contribution >= 4 is 11.8 Å². The third-order valence-electron chi connectivity index (χ3n) is 7.25. The molecule has 1 aromatic rings. The van der Waals surface area contributed by atoms with Gasteiger partial charge < -0.3 is 9.84 Å². The minimum absolute atomic E-state index is 0.122. The normalized spacial score (nSPS) is 42.0. The Morgan fingerprint density at radius 3 is 2.92 bits per heavy atom. The molecule has 0 aromatic heterocycles. The fraction of sp³-hybridized carbons (Fsp3) is 0.600. The summed E-state index contributed by atoms with van der Waals surface area (Å²) in [5.74, 6) is 0.832. The maximum Gasteiger partial charge on any atom is 0.310 e. The van der Waals surface area contributed by atoms with Gasteiger partial charge in [-0.1, -0.05) is 6.07 Å². The molecule has 24 heavy (non-hydrogen) atoms. The minimum atomic E-state index is -0.539. The van der Waals surface area contributed by atoms with Crippen molar-refractivity contribution in [3.05, 3.63) is 29.3 Å². The number of fused-ring (bicyclic) bond motifs is 6. The van der Waals surface area contributed by atoms with E-state index in [2.05, 4.69) is 0 Å². The summed E-state index contributed by atoms with van der Waals surface area (Å²) in [6.45, 7) is 1.64. The molecule has 2 saturated carbocycles. The third-order valence-corrected chi connectivity index (χ3v) is 7.25. The van der Waals surface area contributed by atoms with Crippen LogP contribution < -0.4 is 0 Å². The zero-order valence-corrected chi connectivity index (χ0v) is 13.8. The molecule has 0 unspecified atom stereocenters. The summed E-state index contributed by atoms with van der Waals surface area (Å²) >= 11 is 0. The monoisotopic (exact) mass is 326 g/mol. The number of esters is 1. The summed E-state index contributed by atoms with van der Waals surface area (Å²) in [5, 5.41) is 9.95. The second kappa shape index (κ2) is 4.62. The first-order chi connectivity index (χ1) is 11.5. The van der Waals surface area contributed by atoms with Gasteiger partial charge in [0.15, 0.2) is 0 Å². The number of phenolic OH excluding ortho intramolecular Hbond substituents is 1. The Morgan fingerprint density at radius 2 is 2.12 bits per heavy atom. The fourth-order valence-electron chi connectivity index (χ4n) is 6.48. The first-order valence-electron chi connectivity index (χ1n) is 9.06. The van der Waals surface area contributed by atoms with Gasteiger partial charge in [-0.15, -0.1) is 0 Å².